The number of nitrogens with one attached hydrogen (secondary N) is 2. The molecule has 152 valence electrons. The van der Waals surface area contributed by atoms with Crippen molar-refractivity contribution in [1.29, 1.82) is 0 Å². The summed E-state index contributed by atoms with van der Waals surface area (Å²) in [4.78, 5) is 66.4. The van der Waals surface area contributed by atoms with Gasteiger partial charge in [-0.1, -0.05) is 12.1 Å². The summed E-state index contributed by atoms with van der Waals surface area (Å²) in [7, 11) is 0. The van der Waals surface area contributed by atoms with Crippen molar-refractivity contribution in [2.45, 2.75) is 31.8 Å². The van der Waals surface area contributed by atoms with E-state index in [2.05, 4.69) is 15.6 Å². The van der Waals surface area contributed by atoms with Gasteiger partial charge in [-0.25, -0.2) is 0 Å². The highest BCUT2D eigenvalue weighted by Crippen LogP contribution is 2.29. The Balaban J connectivity index is 1.51. The van der Waals surface area contributed by atoms with E-state index in [1.165, 1.54) is 6.07 Å². The van der Waals surface area contributed by atoms with Crippen molar-refractivity contribution in [2.24, 2.45) is 0 Å². The number of benzene rings is 1. The molecule has 0 saturated carbocycles. The van der Waals surface area contributed by atoms with Crippen LogP contribution in [0, 0.1) is 0 Å². The van der Waals surface area contributed by atoms with Gasteiger partial charge in [-0.3, -0.25) is 39.2 Å². The number of hydrogen-bond acceptors (Lipinski definition) is 6. The summed E-state index contributed by atoms with van der Waals surface area (Å²) in [6.45, 7) is 0.0648. The average molecular weight is 406 g/mol. The Kier molecular flexibility index (Phi) is 5.09. The van der Waals surface area contributed by atoms with Crippen LogP contribution in [0.2, 0.25) is 0 Å². The van der Waals surface area contributed by atoms with E-state index in [9.17, 15) is 24.0 Å². The van der Waals surface area contributed by atoms with E-state index >= 15 is 0 Å². The third-order valence-electron chi connectivity index (χ3n) is 5.14. The second-order valence-electron chi connectivity index (χ2n) is 7.10. The molecule has 2 aliphatic heterocycles. The summed E-state index contributed by atoms with van der Waals surface area (Å²) in [5, 5.41) is 4.92. The van der Waals surface area contributed by atoms with Gasteiger partial charge in [0.05, 0.1) is 17.5 Å². The maximum absolute atomic E-state index is 13.0. The van der Waals surface area contributed by atoms with Crippen LogP contribution < -0.4 is 10.6 Å². The van der Waals surface area contributed by atoms with E-state index in [4.69, 9.17) is 0 Å². The fourth-order valence-corrected chi connectivity index (χ4v) is 3.67. The van der Waals surface area contributed by atoms with Gasteiger partial charge in [0.1, 0.15) is 6.04 Å². The van der Waals surface area contributed by atoms with Crippen LogP contribution in [0.5, 0.6) is 0 Å². The molecule has 0 radical (unpaired) electrons. The minimum atomic E-state index is -1.02. The zero-order chi connectivity index (χ0) is 21.3. The molecule has 2 N–H and O–H groups in total. The lowest BCUT2D eigenvalue weighted by Gasteiger charge is -2.27. The molecule has 1 aromatic carbocycles. The summed E-state index contributed by atoms with van der Waals surface area (Å²) >= 11 is 0. The van der Waals surface area contributed by atoms with E-state index in [1.54, 1.807) is 36.7 Å². The van der Waals surface area contributed by atoms with Crippen molar-refractivity contribution < 1.29 is 24.0 Å². The fourth-order valence-electron chi connectivity index (χ4n) is 3.67. The molecule has 1 fully saturated rings. The first-order chi connectivity index (χ1) is 14.5. The second kappa shape index (κ2) is 7.86. The number of amides is 5. The van der Waals surface area contributed by atoms with Crippen molar-refractivity contribution in [3.63, 3.8) is 0 Å². The van der Waals surface area contributed by atoms with Crippen LogP contribution in [0.15, 0.2) is 42.7 Å². The summed E-state index contributed by atoms with van der Waals surface area (Å²) < 4.78 is 0. The Morgan fingerprint density at radius 2 is 1.87 bits per heavy atom. The average Bonchev–Trinajstić information content (AvgIpc) is 2.98. The standard InChI is InChI=1S/C21H18N4O5/c26-16-5-4-15(19(28)24-16)25-20(29)14-3-1-2-13(18(14)21(25)30)11-23-17(27)10-12-6-8-22-9-7-12/h1-3,6-9,15H,4-5,10-11H2,(H,23,27)(H,24,26,28). The number of nitrogens with zero attached hydrogens (tertiary/aromatic N) is 2. The fraction of sp³-hybridized carbons (Fsp3) is 0.238. The molecule has 3 heterocycles. The lowest BCUT2D eigenvalue weighted by Crippen LogP contribution is -2.54. The number of fused-ring (bicyclic) bond motifs is 1. The van der Waals surface area contributed by atoms with Crippen LogP contribution in [0.3, 0.4) is 0 Å². The molecule has 0 aliphatic carbocycles. The molecule has 1 atom stereocenters. The van der Waals surface area contributed by atoms with Gasteiger partial charge in [0, 0.05) is 25.4 Å². The van der Waals surface area contributed by atoms with Crippen molar-refractivity contribution in [3.05, 3.63) is 65.0 Å². The normalized spacial score (nSPS) is 18.3. The van der Waals surface area contributed by atoms with Crippen molar-refractivity contribution in [1.82, 2.24) is 20.5 Å². The first-order valence-electron chi connectivity index (χ1n) is 9.45. The number of aromatic nitrogens is 1. The minimum Gasteiger partial charge on any atom is -0.352 e. The number of piperidine rings is 1. The van der Waals surface area contributed by atoms with Crippen LogP contribution in [-0.2, 0) is 27.3 Å². The van der Waals surface area contributed by atoms with Gasteiger partial charge >= 0.3 is 0 Å². The van der Waals surface area contributed by atoms with Gasteiger partial charge in [0.25, 0.3) is 11.8 Å². The quantitative estimate of drug-likeness (QED) is 0.690. The van der Waals surface area contributed by atoms with Crippen LogP contribution >= 0.6 is 0 Å². The zero-order valence-electron chi connectivity index (χ0n) is 15.9. The molecule has 0 bridgehead atoms. The first-order valence-corrected chi connectivity index (χ1v) is 9.45. The van der Waals surface area contributed by atoms with E-state index in [0.717, 1.165) is 10.5 Å². The lowest BCUT2D eigenvalue weighted by atomic mass is 10.0. The molecular formula is C21H18N4O5. The smallest absolute Gasteiger partial charge is 0.262 e. The van der Waals surface area contributed by atoms with Crippen LogP contribution in [0.1, 0.15) is 44.7 Å². The topological polar surface area (TPSA) is 126 Å². The van der Waals surface area contributed by atoms with Crippen molar-refractivity contribution in [3.8, 4) is 0 Å². The number of pyridine rings is 1. The molecule has 4 rings (SSSR count). The second-order valence-corrected chi connectivity index (χ2v) is 7.10. The highest BCUT2D eigenvalue weighted by Gasteiger charge is 2.45. The monoisotopic (exact) mass is 406 g/mol. The number of carbonyl (C=O) groups excluding carboxylic acids is 5. The molecule has 2 aromatic rings. The molecule has 5 amide bonds. The van der Waals surface area contributed by atoms with Gasteiger partial charge in [-0.15, -0.1) is 0 Å². The van der Waals surface area contributed by atoms with Gasteiger partial charge in [-0.2, -0.15) is 0 Å². The van der Waals surface area contributed by atoms with Gasteiger partial charge in [-0.05, 0) is 35.7 Å². The summed E-state index contributed by atoms with van der Waals surface area (Å²) in [6.07, 6.45) is 3.50. The molecular weight excluding hydrogens is 388 g/mol. The Bertz CT molecular complexity index is 1070. The van der Waals surface area contributed by atoms with E-state index < -0.39 is 29.7 Å². The predicted octanol–water partition coefficient (Wildman–Crippen LogP) is 0.342. The Hall–Kier alpha value is -3.88. The maximum Gasteiger partial charge on any atom is 0.262 e. The van der Waals surface area contributed by atoms with Crippen molar-refractivity contribution >= 4 is 29.5 Å². The Morgan fingerprint density at radius 3 is 2.60 bits per heavy atom. The van der Waals surface area contributed by atoms with Gasteiger partial charge in [0.2, 0.25) is 17.7 Å². The molecule has 2 aliphatic rings. The minimum absolute atomic E-state index is 0.0573. The highest BCUT2D eigenvalue weighted by molar-refractivity contribution is 6.24. The zero-order valence-corrected chi connectivity index (χ0v) is 15.9. The molecule has 30 heavy (non-hydrogen) atoms. The van der Waals surface area contributed by atoms with E-state index in [-0.39, 0.29) is 42.8 Å². The molecule has 9 heteroatoms. The van der Waals surface area contributed by atoms with E-state index in [1.807, 2.05) is 0 Å². The van der Waals surface area contributed by atoms with Crippen molar-refractivity contribution in [2.75, 3.05) is 0 Å². The molecule has 1 saturated heterocycles. The predicted molar refractivity (Wildman–Crippen MR) is 103 cm³/mol. The summed E-state index contributed by atoms with van der Waals surface area (Å²) in [5.74, 6) is -2.49. The number of imide groups is 2. The molecule has 1 aromatic heterocycles. The molecule has 1 unspecified atom stereocenters. The first kappa shape index (κ1) is 19.4. The Labute approximate surface area is 171 Å². The van der Waals surface area contributed by atoms with Crippen LogP contribution in [0.25, 0.3) is 0 Å². The number of carbonyl (C=O) groups is 5. The SMILES string of the molecule is O=C(Cc1ccncc1)NCc1cccc2c1C(=O)N(C1CCC(=O)NC1=O)C2=O. The largest absolute Gasteiger partial charge is 0.352 e. The lowest BCUT2D eigenvalue weighted by molar-refractivity contribution is -0.136. The summed E-state index contributed by atoms with van der Waals surface area (Å²) in [6, 6.07) is 7.25. The van der Waals surface area contributed by atoms with Crippen LogP contribution in [0.4, 0.5) is 0 Å². The Morgan fingerprint density at radius 1 is 1.10 bits per heavy atom. The molecule has 0 spiro atoms. The third-order valence-corrected chi connectivity index (χ3v) is 5.14. The van der Waals surface area contributed by atoms with Crippen LogP contribution in [-0.4, -0.2) is 45.5 Å². The van der Waals surface area contributed by atoms with Gasteiger partial charge in [0.15, 0.2) is 0 Å². The highest BCUT2D eigenvalue weighted by atomic mass is 16.2. The summed E-state index contributed by atoms with van der Waals surface area (Å²) in [5.41, 5.74) is 1.65. The van der Waals surface area contributed by atoms with E-state index in [0.29, 0.717) is 5.56 Å². The molecule has 9 nitrogen and oxygen atoms in total. The third kappa shape index (κ3) is 3.57. The number of rotatable bonds is 5. The van der Waals surface area contributed by atoms with Gasteiger partial charge < -0.3 is 5.32 Å². The maximum atomic E-state index is 13.0. The number of hydrogen-bond donors (Lipinski definition) is 2.